The first kappa shape index (κ1) is 6.31. The van der Waals surface area contributed by atoms with Crippen molar-refractivity contribution in [3.05, 3.63) is 17.4 Å². The first-order valence-electron chi connectivity index (χ1n) is 3.25. The summed E-state index contributed by atoms with van der Waals surface area (Å²) in [5, 5.41) is 0. The van der Waals surface area contributed by atoms with E-state index in [0.717, 1.165) is 24.8 Å². The minimum absolute atomic E-state index is 0.172. The molecule has 9 heavy (non-hydrogen) atoms. The maximum absolute atomic E-state index is 10.7. The van der Waals surface area contributed by atoms with Crippen LogP contribution in [0.3, 0.4) is 0 Å². The molecule has 0 spiro atoms. The fourth-order valence-corrected chi connectivity index (χ4v) is 0.926. The minimum Gasteiger partial charge on any atom is -0.294 e. The highest BCUT2D eigenvalue weighted by Crippen LogP contribution is 2.11. The van der Waals surface area contributed by atoms with E-state index >= 15 is 0 Å². The molecule has 1 nitrogen and oxygen atoms in total. The topological polar surface area (TPSA) is 17.1 Å². The largest absolute Gasteiger partial charge is 0.294 e. The average Bonchev–Trinajstić information content (AvgIpc) is 1.90. The van der Waals surface area contributed by atoms with Gasteiger partial charge in [-0.1, -0.05) is 0 Å². The number of carbonyl (C=O) groups is 1. The second kappa shape index (κ2) is 2.65. The van der Waals surface area contributed by atoms with Crippen LogP contribution in [-0.4, -0.2) is 5.78 Å². The Hall–Kier alpha value is -0.810. The number of carbonyl (C=O) groups excluding carboxylic acids is 1. The Balaban J connectivity index is 2.78. The Kier molecular flexibility index (Phi) is 1.86. The van der Waals surface area contributed by atoms with Crippen LogP contribution in [0.5, 0.6) is 0 Å². The van der Waals surface area contributed by atoms with E-state index in [1.165, 1.54) is 0 Å². The molecular weight excluding hydrogens is 112 g/mol. The lowest BCUT2D eigenvalue weighted by molar-refractivity contribution is -0.113. The first-order valence-corrected chi connectivity index (χ1v) is 3.25. The number of hydrogen-bond donors (Lipinski definition) is 0. The summed E-state index contributed by atoms with van der Waals surface area (Å²) in [5.74, 6) is 0.172. The summed E-state index contributed by atoms with van der Waals surface area (Å²) in [4.78, 5) is 10.7. The summed E-state index contributed by atoms with van der Waals surface area (Å²) in [6.45, 7) is 1.60. The van der Waals surface area contributed by atoms with E-state index in [1.807, 2.05) is 6.08 Å². The number of ketones is 1. The lowest BCUT2D eigenvalue weighted by Gasteiger charge is -2.01. The van der Waals surface area contributed by atoms with Gasteiger partial charge in [-0.2, -0.15) is 0 Å². The summed E-state index contributed by atoms with van der Waals surface area (Å²) >= 11 is 0. The third kappa shape index (κ3) is 1.55. The van der Waals surface area contributed by atoms with Crippen molar-refractivity contribution in [3.8, 4) is 0 Å². The van der Waals surface area contributed by atoms with Crippen LogP contribution in [0.15, 0.2) is 17.4 Å². The number of Topliss-reactive ketones (excluding diaryl/α,β-unsaturated/α-hetero) is 1. The van der Waals surface area contributed by atoms with E-state index in [-0.39, 0.29) is 5.78 Å². The van der Waals surface area contributed by atoms with Crippen molar-refractivity contribution in [3.63, 3.8) is 0 Å². The zero-order valence-corrected chi connectivity index (χ0v) is 5.61. The molecule has 0 bridgehead atoms. The second-order valence-corrected chi connectivity index (χ2v) is 2.28. The first-order chi connectivity index (χ1) is 4.30. The lowest BCUT2D eigenvalue weighted by Crippen LogP contribution is -1.96. The predicted molar refractivity (Wildman–Crippen MR) is 36.1 cm³/mol. The molecule has 1 heteroatoms. The molecule has 0 radical (unpaired) electrons. The minimum atomic E-state index is 0.172. The van der Waals surface area contributed by atoms with Gasteiger partial charge in [0.2, 0.25) is 0 Å². The Morgan fingerprint density at radius 2 is 2.56 bits per heavy atom. The molecule has 48 valence electrons. The monoisotopic (exact) mass is 122 g/mol. The molecule has 0 aromatic carbocycles. The SMILES string of the molecule is CC(=O)C1=C=CCCC1. The summed E-state index contributed by atoms with van der Waals surface area (Å²) in [5.41, 5.74) is 3.82. The Bertz CT molecular complexity index is 183. The van der Waals surface area contributed by atoms with Crippen LogP contribution in [0.4, 0.5) is 0 Å². The molecule has 0 amide bonds. The molecule has 0 aromatic rings. The summed E-state index contributed by atoms with van der Waals surface area (Å²) in [6, 6.07) is 0. The molecule has 1 aliphatic rings. The molecule has 0 aliphatic heterocycles. The van der Waals surface area contributed by atoms with E-state index in [9.17, 15) is 4.79 Å². The molecule has 0 heterocycles. The standard InChI is InChI=1S/C8H10O/c1-7(9)8-5-3-2-4-6-8/h3H,2,4,6H2,1H3. The molecular formula is C8H10O. The van der Waals surface area contributed by atoms with Gasteiger partial charge < -0.3 is 0 Å². The Labute approximate surface area is 55.1 Å². The third-order valence-electron chi connectivity index (χ3n) is 1.48. The zero-order valence-electron chi connectivity index (χ0n) is 5.61. The van der Waals surface area contributed by atoms with Gasteiger partial charge >= 0.3 is 0 Å². The van der Waals surface area contributed by atoms with Crippen molar-refractivity contribution < 1.29 is 4.79 Å². The number of hydrogen-bond acceptors (Lipinski definition) is 1. The Morgan fingerprint density at radius 1 is 1.78 bits per heavy atom. The fraction of sp³-hybridized carbons (Fsp3) is 0.500. The third-order valence-corrected chi connectivity index (χ3v) is 1.48. The van der Waals surface area contributed by atoms with Crippen molar-refractivity contribution >= 4 is 5.78 Å². The van der Waals surface area contributed by atoms with Crippen molar-refractivity contribution in [2.75, 3.05) is 0 Å². The maximum Gasteiger partial charge on any atom is 0.163 e. The van der Waals surface area contributed by atoms with Crippen LogP contribution < -0.4 is 0 Å². The molecule has 0 saturated carbocycles. The molecule has 0 aromatic heterocycles. The van der Waals surface area contributed by atoms with Crippen LogP contribution in [0.2, 0.25) is 0 Å². The van der Waals surface area contributed by atoms with Gasteiger partial charge in [-0.3, -0.25) is 4.79 Å². The average molecular weight is 122 g/mol. The van der Waals surface area contributed by atoms with Crippen LogP contribution >= 0.6 is 0 Å². The molecule has 0 N–H and O–H groups in total. The summed E-state index contributed by atoms with van der Waals surface area (Å²) in [6.07, 6.45) is 5.06. The van der Waals surface area contributed by atoms with Gasteiger partial charge in [0.25, 0.3) is 0 Å². The summed E-state index contributed by atoms with van der Waals surface area (Å²) < 4.78 is 0. The van der Waals surface area contributed by atoms with Gasteiger partial charge in [-0.05, 0) is 32.3 Å². The number of allylic oxidation sites excluding steroid dienone is 1. The molecule has 0 unspecified atom stereocenters. The van der Waals surface area contributed by atoms with Crippen molar-refractivity contribution in [1.29, 1.82) is 0 Å². The molecule has 0 atom stereocenters. The van der Waals surface area contributed by atoms with Gasteiger partial charge in [0, 0.05) is 5.57 Å². The van der Waals surface area contributed by atoms with Gasteiger partial charge in [-0.25, -0.2) is 0 Å². The second-order valence-electron chi connectivity index (χ2n) is 2.28. The van der Waals surface area contributed by atoms with E-state index in [0.29, 0.717) is 0 Å². The van der Waals surface area contributed by atoms with Crippen LogP contribution in [0.1, 0.15) is 26.2 Å². The molecule has 1 rings (SSSR count). The van der Waals surface area contributed by atoms with E-state index in [2.05, 4.69) is 5.73 Å². The highest BCUT2D eigenvalue weighted by Gasteiger charge is 2.03. The predicted octanol–water partition coefficient (Wildman–Crippen LogP) is 1.84. The lowest BCUT2D eigenvalue weighted by atomic mass is 10.0. The van der Waals surface area contributed by atoms with Crippen LogP contribution in [-0.2, 0) is 4.79 Å². The van der Waals surface area contributed by atoms with Gasteiger partial charge in [-0.15, -0.1) is 5.73 Å². The van der Waals surface area contributed by atoms with Crippen molar-refractivity contribution in [2.45, 2.75) is 26.2 Å². The maximum atomic E-state index is 10.7. The van der Waals surface area contributed by atoms with E-state index in [1.54, 1.807) is 6.92 Å². The van der Waals surface area contributed by atoms with Gasteiger partial charge in [0.05, 0.1) is 0 Å². The molecule has 0 fully saturated rings. The van der Waals surface area contributed by atoms with Gasteiger partial charge in [0.15, 0.2) is 5.78 Å². The summed E-state index contributed by atoms with van der Waals surface area (Å²) in [7, 11) is 0. The van der Waals surface area contributed by atoms with Gasteiger partial charge in [0.1, 0.15) is 0 Å². The smallest absolute Gasteiger partial charge is 0.163 e. The Morgan fingerprint density at radius 3 is 2.89 bits per heavy atom. The highest BCUT2D eigenvalue weighted by atomic mass is 16.1. The van der Waals surface area contributed by atoms with Crippen LogP contribution in [0, 0.1) is 0 Å². The normalized spacial score (nSPS) is 17.2. The number of rotatable bonds is 1. The highest BCUT2D eigenvalue weighted by molar-refractivity contribution is 5.93. The molecule has 1 aliphatic carbocycles. The van der Waals surface area contributed by atoms with Crippen LogP contribution in [0.25, 0.3) is 0 Å². The van der Waals surface area contributed by atoms with Crippen molar-refractivity contribution in [1.82, 2.24) is 0 Å². The zero-order chi connectivity index (χ0) is 6.69. The van der Waals surface area contributed by atoms with E-state index in [4.69, 9.17) is 0 Å². The quantitative estimate of drug-likeness (QED) is 0.485. The van der Waals surface area contributed by atoms with E-state index < -0.39 is 0 Å². The molecule has 0 saturated heterocycles. The fourth-order valence-electron chi connectivity index (χ4n) is 0.926. The van der Waals surface area contributed by atoms with Crippen molar-refractivity contribution in [2.24, 2.45) is 0 Å².